The van der Waals surface area contributed by atoms with Gasteiger partial charge in [-0.2, -0.15) is 0 Å². The average Bonchev–Trinajstić information content (AvgIpc) is 3.32. The van der Waals surface area contributed by atoms with Crippen LogP contribution in [0.2, 0.25) is 0 Å². The summed E-state index contributed by atoms with van der Waals surface area (Å²) in [6.07, 6.45) is 1.63. The van der Waals surface area contributed by atoms with Crippen LogP contribution >= 0.6 is 0 Å². The van der Waals surface area contributed by atoms with Gasteiger partial charge in [0.15, 0.2) is 0 Å². The van der Waals surface area contributed by atoms with E-state index in [1.807, 2.05) is 30.3 Å². The third-order valence-electron chi connectivity index (χ3n) is 6.21. The van der Waals surface area contributed by atoms with E-state index < -0.39 is 11.0 Å². The molecule has 0 spiro atoms. The number of carbonyl (C=O) groups excluding carboxylic acids is 3. The fraction of sp³-hybridized carbons (Fsp3) is 0.0741. The molecule has 0 atom stereocenters. The number of nitrogens with one attached hydrogen (secondary N) is 2. The number of amides is 4. The Morgan fingerprint density at radius 2 is 1.65 bits per heavy atom. The van der Waals surface area contributed by atoms with E-state index in [9.17, 15) is 24.5 Å². The van der Waals surface area contributed by atoms with Gasteiger partial charge in [-0.3, -0.25) is 29.5 Å². The minimum absolute atomic E-state index is 0.117. The molecule has 10 nitrogen and oxygen atoms in total. The number of nitro groups is 1. The number of imide groups is 1. The molecular weight excluding hydrogens is 474 g/mol. The topological polar surface area (TPSA) is 125 Å². The molecule has 1 fully saturated rings. The van der Waals surface area contributed by atoms with E-state index in [4.69, 9.17) is 0 Å². The Kier molecular flexibility index (Phi) is 5.76. The quantitative estimate of drug-likeness (QED) is 0.234. The second kappa shape index (κ2) is 9.08. The third-order valence-corrected chi connectivity index (χ3v) is 6.21. The Bertz CT molecular complexity index is 1530. The first kappa shape index (κ1) is 23.5. The molecule has 3 aromatic carbocycles. The molecule has 2 N–H and O–H groups in total. The van der Waals surface area contributed by atoms with Crippen LogP contribution in [0.3, 0.4) is 0 Å². The molecule has 3 aromatic rings. The number of benzene rings is 3. The summed E-state index contributed by atoms with van der Waals surface area (Å²) < 4.78 is 0. The molecule has 0 bridgehead atoms. The van der Waals surface area contributed by atoms with E-state index in [1.165, 1.54) is 30.1 Å². The number of anilines is 2. The molecule has 1 saturated heterocycles. The molecule has 4 amide bonds. The highest BCUT2D eigenvalue weighted by Crippen LogP contribution is 2.39. The second-order valence-electron chi connectivity index (χ2n) is 8.54. The lowest BCUT2D eigenvalue weighted by Crippen LogP contribution is -2.27. The van der Waals surface area contributed by atoms with Gasteiger partial charge in [-0.25, -0.2) is 4.79 Å². The van der Waals surface area contributed by atoms with Gasteiger partial charge in [0.05, 0.1) is 16.2 Å². The largest absolute Gasteiger partial charge is 0.354 e. The molecule has 0 radical (unpaired) electrons. The summed E-state index contributed by atoms with van der Waals surface area (Å²) >= 11 is 0. The monoisotopic (exact) mass is 495 g/mol. The second-order valence-corrected chi connectivity index (χ2v) is 8.54. The molecule has 5 rings (SSSR count). The van der Waals surface area contributed by atoms with Crippen LogP contribution in [0.5, 0.6) is 0 Å². The number of nitro benzene ring substituents is 1. The van der Waals surface area contributed by atoms with Crippen LogP contribution < -0.4 is 10.6 Å². The fourth-order valence-corrected chi connectivity index (χ4v) is 4.25. The predicted octanol–water partition coefficient (Wildman–Crippen LogP) is 4.39. The Hall–Kier alpha value is -5.25. The number of rotatable bonds is 5. The van der Waals surface area contributed by atoms with Crippen molar-refractivity contribution in [1.29, 1.82) is 0 Å². The molecule has 0 aliphatic carbocycles. The van der Waals surface area contributed by atoms with Gasteiger partial charge in [-0.15, -0.1) is 0 Å². The van der Waals surface area contributed by atoms with Crippen molar-refractivity contribution < 1.29 is 19.3 Å². The fourth-order valence-electron chi connectivity index (χ4n) is 4.25. The third kappa shape index (κ3) is 4.20. The highest BCUT2D eigenvalue weighted by Gasteiger charge is 2.35. The summed E-state index contributed by atoms with van der Waals surface area (Å²) in [7, 11) is 2.97. The smallest absolute Gasteiger partial charge is 0.331 e. The summed E-state index contributed by atoms with van der Waals surface area (Å²) in [6, 6.07) is 20.2. The zero-order valence-electron chi connectivity index (χ0n) is 19.9. The highest BCUT2D eigenvalue weighted by molar-refractivity contribution is 6.37. The predicted molar refractivity (Wildman–Crippen MR) is 139 cm³/mol. The van der Waals surface area contributed by atoms with Crippen molar-refractivity contribution in [2.24, 2.45) is 0 Å². The molecule has 0 aromatic heterocycles. The van der Waals surface area contributed by atoms with E-state index in [0.29, 0.717) is 28.2 Å². The van der Waals surface area contributed by atoms with Crippen molar-refractivity contribution in [3.05, 3.63) is 105 Å². The van der Waals surface area contributed by atoms with E-state index in [0.717, 1.165) is 10.5 Å². The van der Waals surface area contributed by atoms with Gasteiger partial charge in [0.1, 0.15) is 5.70 Å². The standard InChI is InChI=1S/C27H21N5O5/c1-30-22(26(34)31(2)27(30)35)14-16-8-10-18(11-9-16)28-24(17-6-4-3-5-7-17)23-20-15-19(32(36)37)12-13-21(20)29-25(23)33/h3-15,28H,1-2H3,(H,29,33)/b22-14-,24-23?. The van der Waals surface area contributed by atoms with Crippen molar-refractivity contribution >= 4 is 52.3 Å². The first-order valence-electron chi connectivity index (χ1n) is 11.3. The van der Waals surface area contributed by atoms with Gasteiger partial charge in [-0.1, -0.05) is 42.5 Å². The summed E-state index contributed by atoms with van der Waals surface area (Å²) in [5.41, 5.74) is 3.93. The maximum Gasteiger partial charge on any atom is 0.331 e. The summed E-state index contributed by atoms with van der Waals surface area (Å²) in [6.45, 7) is 0. The van der Waals surface area contributed by atoms with Crippen LogP contribution in [0.4, 0.5) is 21.9 Å². The Balaban J connectivity index is 1.54. The van der Waals surface area contributed by atoms with E-state index in [2.05, 4.69) is 10.6 Å². The lowest BCUT2D eigenvalue weighted by molar-refractivity contribution is -0.384. The van der Waals surface area contributed by atoms with Crippen LogP contribution in [0.15, 0.2) is 78.5 Å². The molecule has 184 valence electrons. The van der Waals surface area contributed by atoms with Crippen molar-refractivity contribution in [3.8, 4) is 0 Å². The normalized spacial score (nSPS) is 17.2. The van der Waals surface area contributed by atoms with Gasteiger partial charge < -0.3 is 10.6 Å². The minimum atomic E-state index is -0.499. The zero-order chi connectivity index (χ0) is 26.3. The van der Waals surface area contributed by atoms with Gasteiger partial charge in [0.25, 0.3) is 17.5 Å². The average molecular weight is 495 g/mol. The lowest BCUT2D eigenvalue weighted by Gasteiger charge is -2.15. The number of likely N-dealkylation sites (N-methyl/N-ethyl adjacent to an activating group) is 2. The van der Waals surface area contributed by atoms with Gasteiger partial charge in [0, 0.05) is 43.2 Å². The summed E-state index contributed by atoms with van der Waals surface area (Å²) in [5.74, 6) is -0.759. The SMILES string of the molecule is CN1C(=O)/C(=C/c2ccc(NC(=C3C(=O)Nc4ccc([N+](=O)[O-])cc43)c3ccccc3)cc2)N(C)C1=O. The Morgan fingerprint density at radius 1 is 0.946 bits per heavy atom. The maximum absolute atomic E-state index is 13.0. The van der Waals surface area contributed by atoms with E-state index in [-0.39, 0.29) is 28.8 Å². The minimum Gasteiger partial charge on any atom is -0.354 e. The van der Waals surface area contributed by atoms with Crippen LogP contribution in [-0.4, -0.2) is 46.7 Å². The first-order chi connectivity index (χ1) is 17.7. The molecule has 10 heteroatoms. The first-order valence-corrected chi connectivity index (χ1v) is 11.3. The van der Waals surface area contributed by atoms with Crippen molar-refractivity contribution in [3.63, 3.8) is 0 Å². The van der Waals surface area contributed by atoms with Crippen molar-refractivity contribution in [2.45, 2.75) is 0 Å². The van der Waals surface area contributed by atoms with Gasteiger partial charge in [-0.05, 0) is 35.4 Å². The van der Waals surface area contributed by atoms with Crippen LogP contribution in [0, 0.1) is 10.1 Å². The Labute approximate surface area is 211 Å². The lowest BCUT2D eigenvalue weighted by atomic mass is 9.99. The highest BCUT2D eigenvalue weighted by atomic mass is 16.6. The molecule has 0 unspecified atom stereocenters. The number of carbonyl (C=O) groups is 3. The maximum atomic E-state index is 13.0. The van der Waals surface area contributed by atoms with E-state index in [1.54, 1.807) is 37.4 Å². The van der Waals surface area contributed by atoms with Crippen molar-refractivity contribution in [2.75, 3.05) is 24.7 Å². The van der Waals surface area contributed by atoms with Crippen LogP contribution in [-0.2, 0) is 9.59 Å². The Morgan fingerprint density at radius 3 is 2.27 bits per heavy atom. The summed E-state index contributed by atoms with van der Waals surface area (Å²) in [4.78, 5) is 50.6. The number of non-ortho nitro benzene ring substituents is 1. The molecular formula is C27H21N5O5. The molecule has 2 aliphatic heterocycles. The number of urea groups is 1. The molecule has 2 heterocycles. The van der Waals surface area contributed by atoms with Gasteiger partial charge in [0.2, 0.25) is 0 Å². The molecule has 2 aliphatic rings. The summed E-state index contributed by atoms with van der Waals surface area (Å²) in [5, 5.41) is 17.4. The van der Waals surface area contributed by atoms with Crippen molar-refractivity contribution in [1.82, 2.24) is 9.80 Å². The van der Waals surface area contributed by atoms with Crippen LogP contribution in [0.25, 0.3) is 17.3 Å². The zero-order valence-corrected chi connectivity index (χ0v) is 19.9. The molecule has 0 saturated carbocycles. The van der Waals surface area contributed by atoms with Gasteiger partial charge >= 0.3 is 6.03 Å². The molecule has 37 heavy (non-hydrogen) atoms. The number of hydrogen-bond donors (Lipinski definition) is 2. The number of nitrogens with zero attached hydrogens (tertiary/aromatic N) is 3. The number of hydrogen-bond acceptors (Lipinski definition) is 6. The van der Waals surface area contributed by atoms with E-state index >= 15 is 0 Å². The number of fused-ring (bicyclic) bond motifs is 1. The van der Waals surface area contributed by atoms with Crippen LogP contribution in [0.1, 0.15) is 16.7 Å².